The van der Waals surface area contributed by atoms with Crippen LogP contribution in [0.3, 0.4) is 0 Å². The fourth-order valence-electron chi connectivity index (χ4n) is 3.66. The summed E-state index contributed by atoms with van der Waals surface area (Å²) in [5.41, 5.74) is 2.98. The Kier molecular flexibility index (Phi) is 4.23. The van der Waals surface area contributed by atoms with Crippen LogP contribution in [0, 0.1) is 6.92 Å². The number of nitrogens with zero attached hydrogens (tertiary/aromatic N) is 1. The zero-order chi connectivity index (χ0) is 14.9. The third-order valence-electron chi connectivity index (χ3n) is 5.41. The number of benzene rings is 1. The first kappa shape index (κ1) is 14.9. The number of ether oxygens (including phenoxy) is 1. The summed E-state index contributed by atoms with van der Waals surface area (Å²) in [6.45, 7) is 4.07. The molecule has 116 valence electrons. The molecule has 0 amide bonds. The van der Waals surface area contributed by atoms with Crippen LogP contribution in [0.2, 0.25) is 0 Å². The van der Waals surface area contributed by atoms with Crippen molar-refractivity contribution >= 4 is 0 Å². The third-order valence-corrected chi connectivity index (χ3v) is 5.41. The van der Waals surface area contributed by atoms with Crippen molar-refractivity contribution < 1.29 is 4.74 Å². The first-order chi connectivity index (χ1) is 10.1. The van der Waals surface area contributed by atoms with Gasteiger partial charge in [-0.05, 0) is 58.7 Å². The van der Waals surface area contributed by atoms with Crippen LogP contribution in [-0.4, -0.2) is 37.7 Å². The van der Waals surface area contributed by atoms with Crippen LogP contribution >= 0.6 is 0 Å². The normalized spacial score (nSPS) is 23.9. The molecule has 1 aromatic rings. The van der Waals surface area contributed by atoms with Gasteiger partial charge in [-0.3, -0.25) is 0 Å². The van der Waals surface area contributed by atoms with Crippen molar-refractivity contribution in [3.8, 4) is 5.75 Å². The van der Waals surface area contributed by atoms with Gasteiger partial charge in [0.15, 0.2) is 0 Å². The summed E-state index contributed by atoms with van der Waals surface area (Å²) in [7, 11) is 4.43. The van der Waals surface area contributed by atoms with Gasteiger partial charge in [-0.25, -0.2) is 0 Å². The molecule has 1 unspecified atom stereocenters. The van der Waals surface area contributed by atoms with Gasteiger partial charge in [-0.15, -0.1) is 0 Å². The Morgan fingerprint density at radius 2 is 2.10 bits per heavy atom. The van der Waals surface area contributed by atoms with E-state index in [0.29, 0.717) is 11.6 Å². The minimum atomic E-state index is 0.372. The molecule has 3 rings (SSSR count). The highest BCUT2D eigenvalue weighted by Crippen LogP contribution is 2.38. The molecule has 1 aromatic carbocycles. The van der Waals surface area contributed by atoms with E-state index < -0.39 is 0 Å². The Hall–Kier alpha value is -1.06. The van der Waals surface area contributed by atoms with Gasteiger partial charge in [-0.1, -0.05) is 18.2 Å². The maximum Gasteiger partial charge on any atom is 0.126 e. The van der Waals surface area contributed by atoms with E-state index in [1.807, 2.05) is 0 Å². The van der Waals surface area contributed by atoms with E-state index in [1.165, 1.54) is 36.8 Å². The van der Waals surface area contributed by atoms with E-state index >= 15 is 0 Å². The number of aryl methyl sites for hydroxylation is 1. The van der Waals surface area contributed by atoms with E-state index in [2.05, 4.69) is 49.4 Å². The minimum absolute atomic E-state index is 0.372. The van der Waals surface area contributed by atoms with Gasteiger partial charge in [0, 0.05) is 23.7 Å². The zero-order valence-electron chi connectivity index (χ0n) is 13.6. The van der Waals surface area contributed by atoms with Gasteiger partial charge in [0.1, 0.15) is 5.75 Å². The van der Waals surface area contributed by atoms with E-state index in [9.17, 15) is 0 Å². The van der Waals surface area contributed by atoms with E-state index in [-0.39, 0.29) is 0 Å². The van der Waals surface area contributed by atoms with Crippen LogP contribution in [-0.2, 0) is 0 Å². The molecule has 0 aromatic heterocycles. The summed E-state index contributed by atoms with van der Waals surface area (Å²) in [5.74, 6) is 1.11. The molecule has 21 heavy (non-hydrogen) atoms. The summed E-state index contributed by atoms with van der Waals surface area (Å²) < 4.78 is 5.98. The van der Waals surface area contributed by atoms with Gasteiger partial charge < -0.3 is 15.0 Å². The van der Waals surface area contributed by atoms with Crippen molar-refractivity contribution in [2.75, 3.05) is 27.2 Å². The van der Waals surface area contributed by atoms with E-state index in [1.54, 1.807) is 0 Å². The Balaban J connectivity index is 1.75. The second-order valence-electron chi connectivity index (χ2n) is 6.89. The van der Waals surface area contributed by atoms with Gasteiger partial charge in [0.25, 0.3) is 0 Å². The van der Waals surface area contributed by atoms with Crippen LogP contribution in [0.15, 0.2) is 18.2 Å². The molecule has 3 heteroatoms. The molecule has 2 aliphatic rings. The molecule has 0 spiro atoms. The fraction of sp³-hybridized carbons (Fsp3) is 0.667. The lowest BCUT2D eigenvalue weighted by Crippen LogP contribution is -2.56. The molecule has 1 aliphatic heterocycles. The molecule has 0 saturated heterocycles. The number of rotatable bonds is 4. The molecule has 1 fully saturated rings. The molecule has 0 bridgehead atoms. The summed E-state index contributed by atoms with van der Waals surface area (Å²) >= 11 is 0. The Bertz CT molecular complexity index is 494. The van der Waals surface area contributed by atoms with Crippen molar-refractivity contribution in [2.24, 2.45) is 0 Å². The topological polar surface area (TPSA) is 24.5 Å². The van der Waals surface area contributed by atoms with Gasteiger partial charge in [0.05, 0.1) is 6.61 Å². The van der Waals surface area contributed by atoms with Crippen molar-refractivity contribution in [3.05, 3.63) is 29.3 Å². The number of likely N-dealkylation sites (N-methyl/N-ethyl adjacent to an activating group) is 1. The molecule has 1 saturated carbocycles. The van der Waals surface area contributed by atoms with Crippen molar-refractivity contribution in [3.63, 3.8) is 0 Å². The maximum atomic E-state index is 5.98. The van der Waals surface area contributed by atoms with Crippen LogP contribution < -0.4 is 10.1 Å². The number of fused-ring (bicyclic) bond motifs is 1. The fourth-order valence-corrected chi connectivity index (χ4v) is 3.66. The molecule has 1 N–H and O–H groups in total. The van der Waals surface area contributed by atoms with Crippen molar-refractivity contribution in [1.29, 1.82) is 0 Å². The Morgan fingerprint density at radius 1 is 1.29 bits per heavy atom. The smallest absolute Gasteiger partial charge is 0.126 e. The van der Waals surface area contributed by atoms with E-state index in [4.69, 9.17) is 4.74 Å². The predicted octanol–water partition coefficient (Wildman–Crippen LogP) is 3.28. The molecular formula is C18H28N2O. The first-order valence-corrected chi connectivity index (χ1v) is 8.25. The Morgan fingerprint density at radius 3 is 2.76 bits per heavy atom. The van der Waals surface area contributed by atoms with Crippen LogP contribution in [0.5, 0.6) is 5.75 Å². The highest BCUT2D eigenvalue weighted by molar-refractivity contribution is 5.43. The Labute approximate surface area is 128 Å². The maximum absolute atomic E-state index is 5.98. The lowest BCUT2D eigenvalue weighted by molar-refractivity contribution is 0.0567. The van der Waals surface area contributed by atoms with Crippen molar-refractivity contribution in [1.82, 2.24) is 10.2 Å². The summed E-state index contributed by atoms with van der Waals surface area (Å²) in [6, 6.07) is 6.96. The predicted molar refractivity (Wildman–Crippen MR) is 86.9 cm³/mol. The van der Waals surface area contributed by atoms with E-state index in [0.717, 1.165) is 25.3 Å². The molecule has 1 heterocycles. The molecular weight excluding hydrogens is 260 g/mol. The molecule has 3 nitrogen and oxygen atoms in total. The largest absolute Gasteiger partial charge is 0.493 e. The molecule has 1 aliphatic carbocycles. The second kappa shape index (κ2) is 5.98. The van der Waals surface area contributed by atoms with Gasteiger partial charge in [0.2, 0.25) is 0 Å². The SMILES string of the molecule is Cc1cccc2c1OCCCC2NCC1(N(C)C)CCC1. The van der Waals surface area contributed by atoms with Gasteiger partial charge in [-0.2, -0.15) is 0 Å². The summed E-state index contributed by atoms with van der Waals surface area (Å²) in [6.07, 6.45) is 6.29. The number of hydrogen-bond donors (Lipinski definition) is 1. The monoisotopic (exact) mass is 288 g/mol. The average molecular weight is 288 g/mol. The average Bonchev–Trinajstić information content (AvgIpc) is 2.61. The minimum Gasteiger partial charge on any atom is -0.493 e. The zero-order valence-corrected chi connectivity index (χ0v) is 13.6. The summed E-state index contributed by atoms with van der Waals surface area (Å²) in [5, 5.41) is 3.85. The molecule has 1 atom stereocenters. The van der Waals surface area contributed by atoms with Crippen molar-refractivity contribution in [2.45, 2.75) is 50.6 Å². The molecule has 0 radical (unpaired) electrons. The van der Waals surface area contributed by atoms with Gasteiger partial charge >= 0.3 is 0 Å². The lowest BCUT2D eigenvalue weighted by Gasteiger charge is -2.48. The second-order valence-corrected chi connectivity index (χ2v) is 6.89. The number of hydrogen-bond acceptors (Lipinski definition) is 3. The van der Waals surface area contributed by atoms with Crippen LogP contribution in [0.1, 0.15) is 49.3 Å². The highest BCUT2D eigenvalue weighted by Gasteiger charge is 2.39. The first-order valence-electron chi connectivity index (χ1n) is 8.25. The standard InChI is InChI=1S/C18H28N2O/c1-14-7-4-8-15-16(9-5-12-21-17(14)15)19-13-18(20(2)3)10-6-11-18/h4,7-8,16,19H,5-6,9-13H2,1-3H3. The summed E-state index contributed by atoms with van der Waals surface area (Å²) in [4.78, 5) is 2.41. The van der Waals surface area contributed by atoms with Crippen LogP contribution in [0.25, 0.3) is 0 Å². The number of para-hydroxylation sites is 1. The number of nitrogens with one attached hydrogen (secondary N) is 1. The lowest BCUT2D eigenvalue weighted by atomic mass is 9.75. The third kappa shape index (κ3) is 2.82. The highest BCUT2D eigenvalue weighted by atomic mass is 16.5. The van der Waals surface area contributed by atoms with Crippen LogP contribution in [0.4, 0.5) is 0 Å². The quantitative estimate of drug-likeness (QED) is 0.920.